The Labute approximate surface area is 249 Å². The first kappa shape index (κ1) is 30.2. The molecule has 1 unspecified atom stereocenters. The average molecular weight is 586 g/mol. The molecule has 42 heavy (non-hydrogen) atoms. The third-order valence-electron chi connectivity index (χ3n) is 6.36. The van der Waals surface area contributed by atoms with Crippen LogP contribution in [0.25, 0.3) is 0 Å². The maximum atomic E-state index is 12.7. The van der Waals surface area contributed by atoms with Crippen molar-refractivity contribution in [1.82, 2.24) is 10.3 Å². The van der Waals surface area contributed by atoms with Crippen molar-refractivity contribution in [2.24, 2.45) is 16.5 Å². The molecule has 0 aliphatic carbocycles. The average Bonchev–Trinajstić information content (AvgIpc) is 3.50. The van der Waals surface area contributed by atoms with Gasteiger partial charge >= 0.3 is 6.09 Å². The Balaban J connectivity index is 1.16. The summed E-state index contributed by atoms with van der Waals surface area (Å²) < 4.78 is 5.12. The molecule has 0 aliphatic heterocycles. The molecule has 218 valence electrons. The van der Waals surface area contributed by atoms with Crippen LogP contribution in [0.5, 0.6) is 0 Å². The summed E-state index contributed by atoms with van der Waals surface area (Å²) in [5.41, 5.74) is 22.9. The monoisotopic (exact) mass is 585 g/mol. The van der Waals surface area contributed by atoms with Gasteiger partial charge in [-0.05, 0) is 66.6 Å². The fourth-order valence-corrected chi connectivity index (χ4v) is 4.86. The number of alkyl carbamates (subject to hydrolysis) is 1. The third kappa shape index (κ3) is 9.72. The van der Waals surface area contributed by atoms with Crippen molar-refractivity contribution in [3.63, 3.8) is 0 Å². The van der Waals surface area contributed by atoms with Crippen LogP contribution in [-0.4, -0.2) is 29.5 Å². The van der Waals surface area contributed by atoms with Crippen LogP contribution in [0.1, 0.15) is 51.1 Å². The molecule has 0 saturated carbocycles. The van der Waals surface area contributed by atoms with Gasteiger partial charge in [-0.2, -0.15) is 0 Å². The number of aromatic nitrogens is 1. The van der Waals surface area contributed by atoms with Gasteiger partial charge in [0.05, 0.1) is 6.04 Å². The zero-order chi connectivity index (χ0) is 29.7. The smallest absolute Gasteiger partial charge is 0.414 e. The molecule has 0 aliphatic rings. The van der Waals surface area contributed by atoms with Crippen molar-refractivity contribution in [3.05, 3.63) is 112 Å². The van der Waals surface area contributed by atoms with Crippen LogP contribution in [0.3, 0.4) is 0 Å². The van der Waals surface area contributed by atoms with Gasteiger partial charge in [-0.1, -0.05) is 54.6 Å². The quantitative estimate of drug-likeness (QED) is 0.0689. The lowest BCUT2D eigenvalue weighted by Crippen LogP contribution is -2.37. The number of hydrogen-bond donors (Lipinski definition) is 5. The van der Waals surface area contributed by atoms with Crippen LogP contribution in [-0.2, 0) is 24.2 Å². The Bertz CT molecular complexity index is 1470. The first-order chi connectivity index (χ1) is 20.4. The highest BCUT2D eigenvalue weighted by atomic mass is 32.1. The van der Waals surface area contributed by atoms with E-state index >= 15 is 0 Å². The van der Waals surface area contributed by atoms with E-state index in [-0.39, 0.29) is 24.5 Å². The Kier molecular flexibility index (Phi) is 11.0. The van der Waals surface area contributed by atoms with E-state index in [2.05, 4.69) is 20.6 Å². The summed E-state index contributed by atoms with van der Waals surface area (Å²) in [5, 5.41) is 7.66. The molecule has 0 bridgehead atoms. The fraction of sp³-hybridized carbons (Fsp3) is 0.226. The van der Waals surface area contributed by atoms with Crippen molar-refractivity contribution >= 4 is 40.7 Å². The minimum atomic E-state index is -0.671. The van der Waals surface area contributed by atoms with Gasteiger partial charge in [-0.25, -0.2) is 9.78 Å². The first-order valence-corrected chi connectivity index (χ1v) is 14.5. The van der Waals surface area contributed by atoms with Gasteiger partial charge in [0, 0.05) is 23.3 Å². The minimum Gasteiger partial charge on any atom is -0.444 e. The zero-order valence-corrected chi connectivity index (χ0v) is 24.0. The number of hydrogen-bond acceptors (Lipinski definition) is 8. The van der Waals surface area contributed by atoms with Crippen LogP contribution < -0.4 is 27.8 Å². The molecule has 4 aromatic rings. The van der Waals surface area contributed by atoms with Gasteiger partial charge in [0.15, 0.2) is 5.96 Å². The van der Waals surface area contributed by atoms with E-state index in [4.69, 9.17) is 21.9 Å². The number of aliphatic imine (C=N–C) groups is 1. The summed E-state index contributed by atoms with van der Waals surface area (Å²) in [6.45, 7) is 0.508. The Morgan fingerprint density at radius 1 is 0.929 bits per heavy atom. The molecule has 0 spiro atoms. The van der Waals surface area contributed by atoms with E-state index < -0.39 is 6.09 Å². The number of carbonyl (C=O) groups excluding carboxylic acids is 2. The number of anilines is 2. The van der Waals surface area contributed by atoms with Crippen molar-refractivity contribution in [2.75, 3.05) is 17.6 Å². The summed E-state index contributed by atoms with van der Waals surface area (Å²) in [4.78, 5) is 33.2. The molecule has 10 nitrogen and oxygen atoms in total. The van der Waals surface area contributed by atoms with Gasteiger partial charge in [0.25, 0.3) is 5.91 Å². The van der Waals surface area contributed by atoms with Crippen LogP contribution in [0.2, 0.25) is 0 Å². The molecule has 3 aromatic carbocycles. The number of amides is 2. The lowest BCUT2D eigenvalue weighted by molar-refractivity contribution is 0.102. The van der Waals surface area contributed by atoms with E-state index in [1.54, 1.807) is 5.38 Å². The number of nitrogen functional groups attached to an aromatic ring is 1. The Morgan fingerprint density at radius 3 is 2.29 bits per heavy atom. The minimum absolute atomic E-state index is 0.0234. The number of nitrogens with two attached hydrogens (primary N) is 3. The lowest BCUT2D eigenvalue weighted by atomic mass is 10.0. The van der Waals surface area contributed by atoms with E-state index in [1.807, 2.05) is 78.9 Å². The number of guanidine groups is 1. The molecular weight excluding hydrogens is 550 g/mol. The lowest BCUT2D eigenvalue weighted by Gasteiger charge is -2.08. The van der Waals surface area contributed by atoms with Crippen LogP contribution in [0.15, 0.2) is 89.2 Å². The molecule has 0 radical (unpaired) electrons. The van der Waals surface area contributed by atoms with Crippen molar-refractivity contribution in [2.45, 2.75) is 38.3 Å². The molecule has 11 heteroatoms. The molecule has 1 heterocycles. The van der Waals surface area contributed by atoms with E-state index in [0.29, 0.717) is 35.8 Å². The molecule has 4 rings (SSSR count). The number of benzene rings is 3. The number of thiazole rings is 1. The third-order valence-corrected chi connectivity index (χ3v) is 7.34. The summed E-state index contributed by atoms with van der Waals surface area (Å²) in [6.07, 6.45) is 2.33. The maximum Gasteiger partial charge on any atom is 0.414 e. The molecule has 0 fully saturated rings. The van der Waals surface area contributed by atoms with Crippen LogP contribution >= 0.6 is 11.3 Å². The number of nitrogens with zero attached hydrogens (tertiary/aromatic N) is 2. The summed E-state index contributed by atoms with van der Waals surface area (Å²) in [6, 6.07) is 24.7. The number of carbonyl (C=O) groups is 2. The van der Waals surface area contributed by atoms with Gasteiger partial charge in [-0.3, -0.25) is 15.1 Å². The Hall–Kier alpha value is -4.74. The second-order valence-electron chi connectivity index (χ2n) is 9.67. The predicted octanol–water partition coefficient (Wildman–Crippen LogP) is 4.78. The van der Waals surface area contributed by atoms with Crippen molar-refractivity contribution in [3.8, 4) is 0 Å². The van der Waals surface area contributed by atoms with E-state index in [0.717, 1.165) is 24.1 Å². The zero-order valence-electron chi connectivity index (χ0n) is 23.2. The molecule has 0 saturated heterocycles. The van der Waals surface area contributed by atoms with Crippen LogP contribution in [0.4, 0.5) is 16.2 Å². The van der Waals surface area contributed by atoms with Gasteiger partial charge in [-0.15, -0.1) is 11.3 Å². The molecule has 2 amide bonds. The molecule has 8 N–H and O–H groups in total. The number of ether oxygens (including phenoxy) is 1. The summed E-state index contributed by atoms with van der Waals surface area (Å²) in [7, 11) is 0. The SMILES string of the molecule is NC(=NCCCC(N)c1nc(C(=O)Nc2ccc(CCc3ccc(N)cc3)cc2)cs1)NC(=O)OCc1ccccc1. The molecule has 1 atom stereocenters. The normalized spacial score (nSPS) is 12.0. The molecule has 1 aromatic heterocycles. The summed E-state index contributed by atoms with van der Waals surface area (Å²) in [5.74, 6) is -0.313. The highest BCUT2D eigenvalue weighted by molar-refractivity contribution is 7.09. The largest absolute Gasteiger partial charge is 0.444 e. The van der Waals surface area contributed by atoms with Gasteiger partial charge in [0.2, 0.25) is 0 Å². The number of rotatable bonds is 12. The molecular formula is C31H35N7O3S. The summed E-state index contributed by atoms with van der Waals surface area (Å²) >= 11 is 1.34. The van der Waals surface area contributed by atoms with Gasteiger partial charge in [0.1, 0.15) is 17.3 Å². The number of nitrogens with one attached hydrogen (secondary N) is 2. The van der Waals surface area contributed by atoms with E-state index in [9.17, 15) is 9.59 Å². The Morgan fingerprint density at radius 2 is 1.60 bits per heavy atom. The first-order valence-electron chi connectivity index (χ1n) is 13.6. The van der Waals surface area contributed by atoms with E-state index in [1.165, 1.54) is 22.5 Å². The second-order valence-corrected chi connectivity index (χ2v) is 10.6. The second kappa shape index (κ2) is 15.3. The van der Waals surface area contributed by atoms with Crippen molar-refractivity contribution < 1.29 is 14.3 Å². The topological polar surface area (TPSA) is 171 Å². The van der Waals surface area contributed by atoms with Crippen LogP contribution in [0, 0.1) is 0 Å². The number of aryl methyl sites for hydroxylation is 2. The standard InChI is InChI=1S/C31H35N7O3S/c32-24-14-10-21(11-15-24)8-9-22-12-16-25(17-13-22)36-28(39)27-20-42-29(37-27)26(33)7-4-18-35-30(34)38-31(40)41-19-23-5-2-1-3-6-23/h1-3,5-6,10-17,20,26H,4,7-9,18-19,32-33H2,(H,36,39)(H3,34,35,38,40). The maximum absolute atomic E-state index is 12.7. The predicted molar refractivity (Wildman–Crippen MR) is 167 cm³/mol. The van der Waals surface area contributed by atoms with Crippen molar-refractivity contribution in [1.29, 1.82) is 0 Å². The highest BCUT2D eigenvalue weighted by Gasteiger charge is 2.15. The van der Waals surface area contributed by atoms with Gasteiger partial charge < -0.3 is 27.3 Å². The highest BCUT2D eigenvalue weighted by Crippen LogP contribution is 2.21. The fourth-order valence-electron chi connectivity index (χ4n) is 4.02.